The van der Waals surface area contributed by atoms with Crippen LogP contribution in [0.1, 0.15) is 27.4 Å². The quantitative estimate of drug-likeness (QED) is 0.505. The van der Waals surface area contributed by atoms with Gasteiger partial charge >= 0.3 is 0 Å². The van der Waals surface area contributed by atoms with Gasteiger partial charge in [-0.15, -0.1) is 0 Å². The zero-order valence-electron chi connectivity index (χ0n) is 18.5. The van der Waals surface area contributed by atoms with Crippen LogP contribution in [0, 0.1) is 5.92 Å². The minimum absolute atomic E-state index is 0.118. The average molecular weight is 432 g/mol. The molecular formula is C27H29NO4. The van der Waals surface area contributed by atoms with E-state index in [1.165, 1.54) is 5.56 Å². The Kier molecular flexibility index (Phi) is 7.07. The molecule has 2 atom stereocenters. The summed E-state index contributed by atoms with van der Waals surface area (Å²) >= 11 is 0. The van der Waals surface area contributed by atoms with Crippen molar-refractivity contribution in [2.45, 2.75) is 12.3 Å². The molecule has 0 aromatic heterocycles. The fourth-order valence-corrected chi connectivity index (χ4v) is 4.43. The summed E-state index contributed by atoms with van der Waals surface area (Å²) in [5.41, 5.74) is 3.19. The highest BCUT2D eigenvalue weighted by Crippen LogP contribution is 2.38. The van der Waals surface area contributed by atoms with E-state index in [0.29, 0.717) is 36.9 Å². The molecule has 0 amide bonds. The summed E-state index contributed by atoms with van der Waals surface area (Å²) in [7, 11) is 3.21. The molecule has 32 heavy (non-hydrogen) atoms. The first-order valence-electron chi connectivity index (χ1n) is 10.9. The second-order valence-corrected chi connectivity index (χ2v) is 7.89. The molecule has 1 N–H and O–H groups in total. The summed E-state index contributed by atoms with van der Waals surface area (Å²) in [6.45, 7) is 1.64. The van der Waals surface area contributed by atoms with E-state index >= 15 is 0 Å². The van der Waals surface area contributed by atoms with E-state index in [1.54, 1.807) is 14.2 Å². The Balaban J connectivity index is 1.42. The lowest BCUT2D eigenvalue weighted by molar-refractivity contribution is 0.0882. The third-order valence-corrected chi connectivity index (χ3v) is 6.04. The number of ether oxygens (including phenoxy) is 3. The lowest BCUT2D eigenvalue weighted by Crippen LogP contribution is -2.38. The molecule has 166 valence electrons. The molecule has 0 aliphatic heterocycles. The van der Waals surface area contributed by atoms with E-state index < -0.39 is 0 Å². The first-order chi connectivity index (χ1) is 15.7. The SMILES string of the molecule is COc1cccc(OC)c1OCCNC[C@@H]1C(=O)c2ccccc2C[C@H]1c1ccccc1. The number of Topliss-reactive ketones (excluding diaryl/α,β-unsaturated/α-hetero) is 1. The van der Waals surface area contributed by atoms with Crippen molar-refractivity contribution in [3.8, 4) is 17.2 Å². The fourth-order valence-electron chi connectivity index (χ4n) is 4.43. The summed E-state index contributed by atoms with van der Waals surface area (Å²) in [4.78, 5) is 13.3. The topological polar surface area (TPSA) is 56.8 Å². The van der Waals surface area contributed by atoms with Gasteiger partial charge in [-0.1, -0.05) is 60.7 Å². The monoisotopic (exact) mass is 431 g/mol. The Hall–Kier alpha value is -3.31. The molecule has 3 aromatic rings. The Labute approximate surface area is 189 Å². The number of ketones is 1. The number of hydrogen-bond donors (Lipinski definition) is 1. The van der Waals surface area contributed by atoms with Crippen LogP contribution in [0.3, 0.4) is 0 Å². The van der Waals surface area contributed by atoms with Gasteiger partial charge in [0, 0.05) is 24.6 Å². The van der Waals surface area contributed by atoms with Crippen LogP contribution in [0.25, 0.3) is 0 Å². The third kappa shape index (κ3) is 4.63. The molecule has 3 aromatic carbocycles. The summed E-state index contributed by atoms with van der Waals surface area (Å²) < 4.78 is 16.7. The second kappa shape index (κ2) is 10.3. The van der Waals surface area contributed by atoms with Crippen LogP contribution < -0.4 is 19.5 Å². The number of nitrogens with one attached hydrogen (secondary N) is 1. The molecule has 1 aliphatic rings. The van der Waals surface area contributed by atoms with Gasteiger partial charge in [0.25, 0.3) is 0 Å². The van der Waals surface area contributed by atoms with Crippen LogP contribution in [-0.2, 0) is 6.42 Å². The van der Waals surface area contributed by atoms with Crippen LogP contribution in [0.15, 0.2) is 72.8 Å². The van der Waals surface area contributed by atoms with E-state index in [4.69, 9.17) is 14.2 Å². The minimum atomic E-state index is -0.118. The van der Waals surface area contributed by atoms with Gasteiger partial charge in [-0.3, -0.25) is 4.79 Å². The normalized spacial score (nSPS) is 17.5. The highest BCUT2D eigenvalue weighted by atomic mass is 16.5. The van der Waals surface area contributed by atoms with Gasteiger partial charge < -0.3 is 19.5 Å². The zero-order chi connectivity index (χ0) is 22.3. The molecule has 0 fully saturated rings. The Morgan fingerprint density at radius 2 is 1.56 bits per heavy atom. The Morgan fingerprint density at radius 3 is 2.28 bits per heavy atom. The van der Waals surface area contributed by atoms with E-state index in [9.17, 15) is 4.79 Å². The Bertz CT molecular complexity index is 1030. The molecule has 5 nitrogen and oxygen atoms in total. The van der Waals surface area contributed by atoms with Crippen molar-refractivity contribution >= 4 is 5.78 Å². The van der Waals surface area contributed by atoms with E-state index in [0.717, 1.165) is 17.5 Å². The number of hydrogen-bond acceptors (Lipinski definition) is 5. The summed E-state index contributed by atoms with van der Waals surface area (Å²) in [6.07, 6.45) is 0.868. The molecule has 0 radical (unpaired) electrons. The van der Waals surface area contributed by atoms with Crippen LogP contribution >= 0.6 is 0 Å². The van der Waals surface area contributed by atoms with Gasteiger partial charge in [0.05, 0.1) is 14.2 Å². The van der Waals surface area contributed by atoms with E-state index in [2.05, 4.69) is 23.5 Å². The highest BCUT2D eigenvalue weighted by molar-refractivity contribution is 6.01. The molecule has 0 spiro atoms. The molecular weight excluding hydrogens is 402 g/mol. The van der Waals surface area contributed by atoms with Crippen LogP contribution in [0.4, 0.5) is 0 Å². The molecule has 4 rings (SSSR count). The number of methoxy groups -OCH3 is 2. The molecule has 5 heteroatoms. The van der Waals surface area contributed by atoms with Crippen molar-refractivity contribution in [1.29, 1.82) is 0 Å². The number of benzene rings is 3. The largest absolute Gasteiger partial charge is 0.493 e. The number of carbonyl (C=O) groups excluding carboxylic acids is 1. The van der Waals surface area contributed by atoms with Gasteiger partial charge in [-0.05, 0) is 35.6 Å². The Morgan fingerprint density at radius 1 is 0.875 bits per heavy atom. The smallest absolute Gasteiger partial charge is 0.203 e. The number of carbonyl (C=O) groups is 1. The molecule has 0 unspecified atom stereocenters. The predicted octanol–water partition coefficient (Wildman–Crippen LogP) is 4.51. The first kappa shape index (κ1) is 21.9. The average Bonchev–Trinajstić information content (AvgIpc) is 2.85. The van der Waals surface area contributed by atoms with Crippen molar-refractivity contribution in [1.82, 2.24) is 5.32 Å². The second-order valence-electron chi connectivity index (χ2n) is 7.89. The fraction of sp³-hybridized carbons (Fsp3) is 0.296. The van der Waals surface area contributed by atoms with Gasteiger partial charge in [-0.2, -0.15) is 0 Å². The number of para-hydroxylation sites is 1. The summed E-state index contributed by atoms with van der Waals surface area (Å²) in [6, 6.07) is 23.9. The maximum Gasteiger partial charge on any atom is 0.203 e. The minimum Gasteiger partial charge on any atom is -0.493 e. The molecule has 0 heterocycles. The van der Waals surface area contributed by atoms with Crippen LogP contribution in [0.2, 0.25) is 0 Å². The van der Waals surface area contributed by atoms with Crippen molar-refractivity contribution < 1.29 is 19.0 Å². The lowest BCUT2D eigenvalue weighted by atomic mass is 9.72. The van der Waals surface area contributed by atoms with Crippen LogP contribution in [0.5, 0.6) is 17.2 Å². The van der Waals surface area contributed by atoms with Crippen molar-refractivity contribution in [3.63, 3.8) is 0 Å². The van der Waals surface area contributed by atoms with Crippen molar-refractivity contribution in [2.75, 3.05) is 33.9 Å². The number of rotatable bonds is 9. The first-order valence-corrected chi connectivity index (χ1v) is 10.9. The molecule has 1 aliphatic carbocycles. The number of fused-ring (bicyclic) bond motifs is 1. The highest BCUT2D eigenvalue weighted by Gasteiger charge is 2.35. The van der Waals surface area contributed by atoms with Crippen molar-refractivity contribution in [3.05, 3.63) is 89.5 Å². The predicted molar refractivity (Wildman–Crippen MR) is 125 cm³/mol. The van der Waals surface area contributed by atoms with Gasteiger partial charge in [0.1, 0.15) is 6.61 Å². The lowest BCUT2D eigenvalue weighted by Gasteiger charge is -2.32. The summed E-state index contributed by atoms with van der Waals surface area (Å²) in [5, 5.41) is 3.43. The van der Waals surface area contributed by atoms with E-state index in [-0.39, 0.29) is 17.6 Å². The van der Waals surface area contributed by atoms with Gasteiger partial charge in [0.15, 0.2) is 17.3 Å². The van der Waals surface area contributed by atoms with E-state index in [1.807, 2.05) is 54.6 Å². The van der Waals surface area contributed by atoms with Crippen molar-refractivity contribution in [2.24, 2.45) is 5.92 Å². The third-order valence-electron chi connectivity index (χ3n) is 6.04. The standard InChI is InChI=1S/C27H29NO4/c1-30-24-13-8-14-25(31-2)27(24)32-16-15-28-18-23-22(19-9-4-3-5-10-19)17-20-11-6-7-12-21(20)26(23)29/h3-14,22-23,28H,15-18H2,1-2H3/t22-,23-/m0/s1. The van der Waals surface area contributed by atoms with Crippen LogP contribution in [-0.4, -0.2) is 39.7 Å². The summed E-state index contributed by atoms with van der Waals surface area (Å²) in [5.74, 6) is 2.10. The van der Waals surface area contributed by atoms with Gasteiger partial charge in [0.2, 0.25) is 5.75 Å². The maximum absolute atomic E-state index is 13.3. The maximum atomic E-state index is 13.3. The molecule has 0 saturated heterocycles. The molecule has 0 bridgehead atoms. The molecule has 0 saturated carbocycles. The zero-order valence-corrected chi connectivity index (χ0v) is 18.5. The van der Waals surface area contributed by atoms with Gasteiger partial charge in [-0.25, -0.2) is 0 Å².